The Morgan fingerprint density at radius 3 is 2.08 bits per heavy atom. The summed E-state index contributed by atoms with van der Waals surface area (Å²) in [5.41, 5.74) is 1.65. The number of nitrogens with one attached hydrogen (secondary N) is 1. The van der Waals surface area contributed by atoms with Gasteiger partial charge in [-0.15, -0.1) is 23.1 Å². The number of fused-ring (bicyclic) bond motifs is 1. The number of anilines is 2. The van der Waals surface area contributed by atoms with Crippen LogP contribution >= 0.6 is 23.1 Å². The molecule has 0 saturated carbocycles. The number of hydrogen-bond donors (Lipinski definition) is 3. The van der Waals surface area contributed by atoms with Gasteiger partial charge in [-0.1, -0.05) is 102 Å². The third-order valence-electron chi connectivity index (χ3n) is 8.91. The van der Waals surface area contributed by atoms with E-state index in [9.17, 15) is 24.6 Å². The molecule has 262 valence electrons. The normalized spacial score (nSPS) is 17.2. The third-order valence-corrected chi connectivity index (χ3v) is 10.8. The van der Waals surface area contributed by atoms with Crippen molar-refractivity contribution in [1.29, 1.82) is 0 Å². The van der Waals surface area contributed by atoms with Crippen molar-refractivity contribution < 1.29 is 29.4 Å². The fourth-order valence-electron chi connectivity index (χ4n) is 6.64. The van der Waals surface area contributed by atoms with Gasteiger partial charge in [0.1, 0.15) is 30.2 Å². The number of β-lactam (4-membered cyclic amide) rings is 1. The lowest BCUT2D eigenvalue weighted by Gasteiger charge is -2.52. The Morgan fingerprint density at radius 1 is 0.962 bits per heavy atom. The van der Waals surface area contributed by atoms with Gasteiger partial charge in [-0.3, -0.25) is 24.4 Å². The fourth-order valence-corrected chi connectivity index (χ4v) is 8.49. The number of rotatable bonds is 12. The van der Waals surface area contributed by atoms with Gasteiger partial charge < -0.3 is 20.4 Å². The maximum Gasteiger partial charge on any atom is 0.353 e. The van der Waals surface area contributed by atoms with E-state index in [4.69, 9.17) is 9.82 Å². The summed E-state index contributed by atoms with van der Waals surface area (Å²) < 4.78 is 0. The number of aliphatic hydroxyl groups excluding tert-OH is 1. The molecule has 2 atom stereocenters. The molecule has 5 aromatic rings. The minimum absolute atomic E-state index is 0.150. The Kier molecular flexibility index (Phi) is 9.85. The van der Waals surface area contributed by atoms with Crippen LogP contribution in [0.4, 0.5) is 10.9 Å². The van der Waals surface area contributed by atoms with Crippen molar-refractivity contribution >= 4 is 57.5 Å². The first kappa shape index (κ1) is 34.6. The van der Waals surface area contributed by atoms with Gasteiger partial charge in [-0.2, -0.15) is 0 Å². The highest BCUT2D eigenvalue weighted by Crippen LogP contribution is 2.44. The molecule has 2 aliphatic rings. The molecule has 4 heterocycles. The first-order valence-electron chi connectivity index (χ1n) is 16.2. The van der Waals surface area contributed by atoms with Crippen molar-refractivity contribution in [3.8, 4) is 0 Å². The second-order valence-corrected chi connectivity index (χ2v) is 13.7. The van der Waals surface area contributed by atoms with E-state index in [0.29, 0.717) is 5.13 Å². The number of carboxylic acids is 1. The van der Waals surface area contributed by atoms with E-state index in [1.165, 1.54) is 29.5 Å². The van der Waals surface area contributed by atoms with Gasteiger partial charge in [-0.25, -0.2) is 9.78 Å². The molecule has 2 aliphatic heterocycles. The largest absolute Gasteiger partial charge is 0.477 e. The highest BCUT2D eigenvalue weighted by Gasteiger charge is 2.58. The van der Waals surface area contributed by atoms with Crippen molar-refractivity contribution in [3.63, 3.8) is 0 Å². The smallest absolute Gasteiger partial charge is 0.353 e. The van der Waals surface area contributed by atoms with E-state index in [-0.39, 0.29) is 33.6 Å². The molecule has 7 rings (SSSR count). The first-order chi connectivity index (χ1) is 25.4. The molecule has 12 nitrogen and oxygen atoms in total. The van der Waals surface area contributed by atoms with Gasteiger partial charge in [0.2, 0.25) is 0 Å². The lowest BCUT2D eigenvalue weighted by molar-refractivity contribution is -0.151. The quantitative estimate of drug-likeness (QED) is 0.0695. The number of pyridine rings is 1. The monoisotopic (exact) mass is 732 g/mol. The van der Waals surface area contributed by atoms with Crippen molar-refractivity contribution in [2.75, 3.05) is 29.7 Å². The zero-order chi connectivity index (χ0) is 36.2. The molecule has 2 unspecified atom stereocenters. The summed E-state index contributed by atoms with van der Waals surface area (Å²) in [5, 5.41) is 29.7. The third kappa shape index (κ3) is 6.10. The van der Waals surface area contributed by atoms with Crippen LogP contribution in [-0.4, -0.2) is 80.1 Å². The number of hydrogen-bond acceptors (Lipinski definition) is 11. The number of nitrogens with zero attached hydrogens (tertiary/aromatic N) is 5. The van der Waals surface area contributed by atoms with Gasteiger partial charge in [0.15, 0.2) is 10.8 Å². The van der Waals surface area contributed by atoms with Gasteiger partial charge in [0.25, 0.3) is 11.8 Å². The number of aromatic nitrogens is 2. The number of carbonyl (C=O) groups is 3. The molecule has 0 spiro atoms. The van der Waals surface area contributed by atoms with Crippen LogP contribution in [0.2, 0.25) is 0 Å². The van der Waals surface area contributed by atoms with E-state index in [1.54, 1.807) is 23.6 Å². The summed E-state index contributed by atoms with van der Waals surface area (Å²) in [6.07, 6.45) is 1.51. The van der Waals surface area contributed by atoms with Crippen molar-refractivity contribution in [2.24, 2.45) is 5.16 Å². The predicted octanol–water partition coefficient (Wildman–Crippen LogP) is 4.94. The molecule has 3 aromatic carbocycles. The molecule has 2 aromatic heterocycles. The standard InChI is InChI=1S/C38H32N6O6S2/c1-50-42-31(27-19-11-12-20-39-27)34(46)44(32-28-22-51-29(21-45)33(36(48)49)43(28)35(32)47)30-23-52-37(40-30)41-38(24-13-5-2-6-14-24,25-15-7-3-8-16-25)26-17-9-4-10-18-26/h2-20,23,28,32,45H,21-22H2,1H3,(H,40,41)(H,48,49). The fraction of sp³-hybridized carbons (Fsp3) is 0.158. The summed E-state index contributed by atoms with van der Waals surface area (Å²) in [6.45, 7) is -0.534. The summed E-state index contributed by atoms with van der Waals surface area (Å²) in [4.78, 5) is 57.8. The number of carbonyl (C=O) groups excluding carboxylic acids is 2. The van der Waals surface area contributed by atoms with Crippen LogP contribution in [0.5, 0.6) is 0 Å². The Balaban J connectivity index is 1.35. The van der Waals surface area contributed by atoms with Crippen LogP contribution in [-0.2, 0) is 24.8 Å². The summed E-state index contributed by atoms with van der Waals surface area (Å²) in [6, 6.07) is 33.0. The van der Waals surface area contributed by atoms with Crippen LogP contribution in [0, 0.1) is 0 Å². The van der Waals surface area contributed by atoms with Gasteiger partial charge in [0.05, 0.1) is 18.3 Å². The molecular weight excluding hydrogens is 701 g/mol. The van der Waals surface area contributed by atoms with Crippen LogP contribution in [0.1, 0.15) is 22.4 Å². The lowest BCUT2D eigenvalue weighted by Crippen LogP contribution is -2.74. The summed E-state index contributed by atoms with van der Waals surface area (Å²) in [7, 11) is 1.30. The van der Waals surface area contributed by atoms with Crippen molar-refractivity contribution in [2.45, 2.75) is 17.6 Å². The van der Waals surface area contributed by atoms with Crippen molar-refractivity contribution in [3.05, 3.63) is 154 Å². The molecule has 1 fully saturated rings. The van der Waals surface area contributed by atoms with Crippen LogP contribution in [0.25, 0.3) is 0 Å². The SMILES string of the molecule is CON=C(C(=O)N(c1csc(NC(c2ccccc2)(c2ccccc2)c2ccccc2)n1)C1C(=O)N2C(C(=O)O)=C(CO)SCC12)c1ccccn1. The molecule has 0 bridgehead atoms. The van der Waals surface area contributed by atoms with E-state index in [2.05, 4.69) is 15.5 Å². The highest BCUT2D eigenvalue weighted by atomic mass is 32.2. The minimum Gasteiger partial charge on any atom is -0.477 e. The van der Waals surface area contributed by atoms with Crippen LogP contribution in [0.3, 0.4) is 0 Å². The molecule has 14 heteroatoms. The summed E-state index contributed by atoms with van der Waals surface area (Å²) in [5.74, 6) is -2.30. The molecule has 3 N–H and O–H groups in total. The number of aliphatic hydroxyl groups is 1. The molecule has 1 saturated heterocycles. The number of aliphatic carboxylic acids is 1. The number of benzene rings is 3. The van der Waals surface area contributed by atoms with E-state index in [1.807, 2.05) is 91.0 Å². The van der Waals surface area contributed by atoms with Crippen molar-refractivity contribution in [1.82, 2.24) is 14.9 Å². The molecule has 2 amide bonds. The minimum atomic E-state index is -1.35. The number of oxime groups is 1. The Bertz CT molecular complexity index is 2050. The maximum atomic E-state index is 14.7. The number of thioether (sulfide) groups is 1. The average molecular weight is 733 g/mol. The van der Waals surface area contributed by atoms with Gasteiger partial charge >= 0.3 is 5.97 Å². The van der Waals surface area contributed by atoms with Crippen LogP contribution in [0.15, 0.2) is 137 Å². The second-order valence-electron chi connectivity index (χ2n) is 11.8. The van der Waals surface area contributed by atoms with Crippen LogP contribution < -0.4 is 10.2 Å². The van der Waals surface area contributed by atoms with Gasteiger partial charge in [0, 0.05) is 22.2 Å². The number of amides is 2. The zero-order valence-electron chi connectivity index (χ0n) is 27.7. The maximum absolute atomic E-state index is 14.7. The first-order valence-corrected chi connectivity index (χ1v) is 18.0. The topological polar surface area (TPSA) is 158 Å². The zero-order valence-corrected chi connectivity index (χ0v) is 29.3. The molecule has 0 radical (unpaired) electrons. The molecule has 52 heavy (non-hydrogen) atoms. The Hall–Kier alpha value is -5.83. The Labute approximate surface area is 307 Å². The average Bonchev–Trinajstić information content (AvgIpc) is 3.66. The molecular formula is C38H32N6O6S2. The highest BCUT2D eigenvalue weighted by molar-refractivity contribution is 8.03. The van der Waals surface area contributed by atoms with E-state index >= 15 is 0 Å². The van der Waals surface area contributed by atoms with Gasteiger partial charge in [-0.05, 0) is 28.8 Å². The lowest BCUT2D eigenvalue weighted by atomic mass is 9.77. The second kappa shape index (κ2) is 14.8. The summed E-state index contributed by atoms with van der Waals surface area (Å²) >= 11 is 2.38. The number of carboxylic acid groups (broad SMARTS) is 1. The van der Waals surface area contributed by atoms with E-state index in [0.717, 1.165) is 33.4 Å². The Morgan fingerprint density at radius 2 is 1.56 bits per heavy atom. The molecule has 0 aliphatic carbocycles. The van der Waals surface area contributed by atoms with E-state index < -0.39 is 42.0 Å². The predicted molar refractivity (Wildman–Crippen MR) is 199 cm³/mol. The number of thiazole rings is 1.